The smallest absolute Gasteiger partial charge is 0.0457 e. The van der Waals surface area contributed by atoms with Crippen LogP contribution in [0, 0.1) is 3.57 Å². The van der Waals surface area contributed by atoms with Crippen LogP contribution in [0.2, 0.25) is 0 Å². The summed E-state index contributed by atoms with van der Waals surface area (Å²) in [4.78, 5) is 3.36. The van der Waals surface area contributed by atoms with Gasteiger partial charge in [-0.05, 0) is 69.5 Å². The number of hydrogen-bond donors (Lipinski definition) is 3. The van der Waals surface area contributed by atoms with Crippen molar-refractivity contribution in [3.05, 3.63) is 111 Å². The van der Waals surface area contributed by atoms with Crippen molar-refractivity contribution in [1.29, 1.82) is 0 Å². The number of nitrogens with one attached hydrogen (secondary N) is 3. The Bertz CT molecular complexity index is 1110. The van der Waals surface area contributed by atoms with Crippen LogP contribution in [-0.2, 0) is 19.5 Å². The van der Waals surface area contributed by atoms with E-state index < -0.39 is 0 Å². The molecule has 0 radical (unpaired) electrons. The van der Waals surface area contributed by atoms with Crippen molar-refractivity contribution >= 4 is 39.2 Å². The summed E-state index contributed by atoms with van der Waals surface area (Å²) in [6.07, 6.45) is 3.07. The molecule has 4 rings (SSSR count). The molecule has 3 nitrogen and oxygen atoms in total. The van der Waals surface area contributed by atoms with Crippen molar-refractivity contribution < 1.29 is 0 Å². The molecule has 0 unspecified atom stereocenters. The summed E-state index contributed by atoms with van der Waals surface area (Å²) < 4.78 is 1.26. The van der Waals surface area contributed by atoms with Gasteiger partial charge >= 0.3 is 0 Å². The number of rotatable bonds is 9. The number of aromatic amines is 1. The zero-order valence-electron chi connectivity index (χ0n) is 16.9. The molecule has 3 aromatic carbocycles. The Hall–Kier alpha value is -2.57. The fraction of sp³-hybridized carbons (Fsp3) is 0.154. The molecule has 3 N–H and O–H groups in total. The predicted octanol–water partition coefficient (Wildman–Crippen LogP) is 5.87. The van der Waals surface area contributed by atoms with Crippen molar-refractivity contribution in [2.45, 2.75) is 19.5 Å². The summed E-state index contributed by atoms with van der Waals surface area (Å²) in [7, 11) is 0. The van der Waals surface area contributed by atoms with Gasteiger partial charge in [0.15, 0.2) is 0 Å². The average Bonchev–Trinajstić information content (AvgIpc) is 3.17. The van der Waals surface area contributed by atoms with Gasteiger partial charge in [0.25, 0.3) is 0 Å². The van der Waals surface area contributed by atoms with Gasteiger partial charge in [0.2, 0.25) is 0 Å². The summed E-state index contributed by atoms with van der Waals surface area (Å²) in [6, 6.07) is 25.6. The monoisotopic (exact) mass is 507 g/mol. The van der Waals surface area contributed by atoms with Crippen LogP contribution in [0.4, 0.5) is 0 Å². The number of benzene rings is 3. The Morgan fingerprint density at radius 1 is 0.900 bits per heavy atom. The highest BCUT2D eigenvalue weighted by Crippen LogP contribution is 2.21. The third kappa shape index (κ3) is 5.32. The minimum absolute atomic E-state index is 0.856. The summed E-state index contributed by atoms with van der Waals surface area (Å²) in [5.74, 6) is 0. The van der Waals surface area contributed by atoms with Gasteiger partial charge in [-0.3, -0.25) is 0 Å². The van der Waals surface area contributed by atoms with Gasteiger partial charge < -0.3 is 15.6 Å². The second-order valence-corrected chi connectivity index (χ2v) is 8.69. The molecular weight excluding hydrogens is 481 g/mol. The number of halogens is 1. The van der Waals surface area contributed by atoms with Gasteiger partial charge in [0.1, 0.15) is 0 Å². The zero-order valence-corrected chi connectivity index (χ0v) is 19.1. The zero-order chi connectivity index (χ0) is 20.8. The summed E-state index contributed by atoms with van der Waals surface area (Å²) in [6.45, 7) is 6.81. The Labute approximate surface area is 191 Å². The van der Waals surface area contributed by atoms with Gasteiger partial charge in [-0.1, -0.05) is 61.2 Å². The lowest BCUT2D eigenvalue weighted by atomic mass is 10.1. The van der Waals surface area contributed by atoms with Crippen molar-refractivity contribution in [2.75, 3.05) is 6.54 Å². The third-order valence-electron chi connectivity index (χ3n) is 5.27. The molecule has 30 heavy (non-hydrogen) atoms. The van der Waals surface area contributed by atoms with Crippen LogP contribution in [0.3, 0.4) is 0 Å². The van der Waals surface area contributed by atoms with E-state index in [2.05, 4.69) is 118 Å². The van der Waals surface area contributed by atoms with Crippen LogP contribution in [-0.4, -0.2) is 11.5 Å². The first-order chi connectivity index (χ1) is 14.7. The van der Waals surface area contributed by atoms with E-state index in [1.165, 1.54) is 31.2 Å². The molecule has 0 aliphatic rings. The first-order valence-corrected chi connectivity index (χ1v) is 11.3. The molecular formula is C26H26IN3. The molecule has 0 aliphatic carbocycles. The molecule has 0 atom stereocenters. The molecule has 0 spiro atoms. The van der Waals surface area contributed by atoms with E-state index in [-0.39, 0.29) is 0 Å². The van der Waals surface area contributed by atoms with E-state index in [0.29, 0.717) is 0 Å². The van der Waals surface area contributed by atoms with Crippen LogP contribution < -0.4 is 10.6 Å². The molecule has 1 heterocycles. The fourth-order valence-electron chi connectivity index (χ4n) is 3.58. The summed E-state index contributed by atoms with van der Waals surface area (Å²) in [5, 5.41) is 8.28. The van der Waals surface area contributed by atoms with Crippen LogP contribution in [0.25, 0.3) is 16.6 Å². The minimum atomic E-state index is 0.856. The fourth-order valence-corrected chi connectivity index (χ4v) is 4.07. The molecule has 0 saturated carbocycles. The maximum atomic E-state index is 4.22. The average molecular weight is 507 g/mol. The SMILES string of the molecule is C=C(NCCc1c[nH]c2ccc(I)cc12)c1ccc(CNCc2ccccc2)cc1. The van der Waals surface area contributed by atoms with Crippen molar-refractivity contribution in [2.24, 2.45) is 0 Å². The van der Waals surface area contributed by atoms with E-state index in [4.69, 9.17) is 0 Å². The van der Waals surface area contributed by atoms with Crippen LogP contribution >= 0.6 is 22.6 Å². The highest BCUT2D eigenvalue weighted by atomic mass is 127. The highest BCUT2D eigenvalue weighted by molar-refractivity contribution is 14.1. The van der Waals surface area contributed by atoms with E-state index in [0.717, 1.165) is 37.3 Å². The molecule has 0 fully saturated rings. The summed E-state index contributed by atoms with van der Waals surface area (Å²) in [5.41, 5.74) is 7.21. The number of aromatic nitrogens is 1. The number of H-pyrrole nitrogens is 1. The molecule has 152 valence electrons. The number of hydrogen-bond acceptors (Lipinski definition) is 2. The molecule has 4 aromatic rings. The second-order valence-electron chi connectivity index (χ2n) is 7.45. The van der Waals surface area contributed by atoms with Gasteiger partial charge in [-0.25, -0.2) is 0 Å². The minimum Gasteiger partial charge on any atom is -0.385 e. The topological polar surface area (TPSA) is 39.9 Å². The van der Waals surface area contributed by atoms with E-state index in [1.807, 2.05) is 6.07 Å². The van der Waals surface area contributed by atoms with Crippen molar-refractivity contribution in [3.63, 3.8) is 0 Å². The Kier molecular flexibility index (Phi) is 6.87. The van der Waals surface area contributed by atoms with Gasteiger partial charge in [-0.2, -0.15) is 0 Å². The largest absolute Gasteiger partial charge is 0.385 e. The Morgan fingerprint density at radius 3 is 2.40 bits per heavy atom. The van der Waals surface area contributed by atoms with E-state index in [9.17, 15) is 0 Å². The molecule has 1 aromatic heterocycles. The Morgan fingerprint density at radius 2 is 1.63 bits per heavy atom. The molecule has 0 saturated heterocycles. The quantitative estimate of drug-likeness (QED) is 0.248. The van der Waals surface area contributed by atoms with Crippen LogP contribution in [0.1, 0.15) is 22.3 Å². The van der Waals surface area contributed by atoms with Crippen molar-refractivity contribution in [3.8, 4) is 0 Å². The molecule has 4 heteroatoms. The van der Waals surface area contributed by atoms with E-state index >= 15 is 0 Å². The lowest BCUT2D eigenvalue weighted by Gasteiger charge is -2.11. The predicted molar refractivity (Wildman–Crippen MR) is 135 cm³/mol. The highest BCUT2D eigenvalue weighted by Gasteiger charge is 2.05. The Balaban J connectivity index is 1.25. The van der Waals surface area contributed by atoms with E-state index in [1.54, 1.807) is 0 Å². The third-order valence-corrected chi connectivity index (χ3v) is 5.94. The molecule has 0 amide bonds. The second kappa shape index (κ2) is 9.96. The van der Waals surface area contributed by atoms with Gasteiger partial charge in [-0.15, -0.1) is 0 Å². The normalized spacial score (nSPS) is 11.0. The lowest BCUT2D eigenvalue weighted by Crippen LogP contribution is -2.15. The standard InChI is InChI=1S/C26H26IN3/c1-19(29-14-13-23-18-30-26-12-11-24(27)15-25(23)26)22-9-7-21(8-10-22)17-28-16-20-5-3-2-4-6-20/h2-12,15,18,28-30H,1,13-14,16-17H2. The van der Waals surface area contributed by atoms with Gasteiger partial charge in [0, 0.05) is 46.0 Å². The number of fused-ring (bicyclic) bond motifs is 1. The van der Waals surface area contributed by atoms with Crippen LogP contribution in [0.5, 0.6) is 0 Å². The first kappa shape index (κ1) is 20.7. The maximum absolute atomic E-state index is 4.22. The van der Waals surface area contributed by atoms with Crippen LogP contribution in [0.15, 0.2) is 85.6 Å². The first-order valence-electron chi connectivity index (χ1n) is 10.2. The maximum Gasteiger partial charge on any atom is 0.0457 e. The molecule has 0 bridgehead atoms. The lowest BCUT2D eigenvalue weighted by molar-refractivity contribution is 0.693. The summed E-state index contributed by atoms with van der Waals surface area (Å²) >= 11 is 2.36. The van der Waals surface area contributed by atoms with Gasteiger partial charge in [0.05, 0.1) is 0 Å². The van der Waals surface area contributed by atoms with Crippen molar-refractivity contribution in [1.82, 2.24) is 15.6 Å². The molecule has 0 aliphatic heterocycles.